The predicted molar refractivity (Wildman–Crippen MR) is 86.5 cm³/mol. The quantitative estimate of drug-likeness (QED) is 0.744. The molecule has 1 heterocycles. The summed E-state index contributed by atoms with van der Waals surface area (Å²) in [5.74, 6) is 1.36. The molecule has 0 spiro atoms. The molecule has 0 aromatic heterocycles. The van der Waals surface area contributed by atoms with Crippen LogP contribution >= 0.6 is 0 Å². The van der Waals surface area contributed by atoms with Gasteiger partial charge in [-0.15, -0.1) is 0 Å². The van der Waals surface area contributed by atoms with E-state index in [0.29, 0.717) is 24.2 Å². The largest absolute Gasteiger partial charge is 0.393 e. The van der Waals surface area contributed by atoms with Crippen LogP contribution in [0.2, 0.25) is 0 Å². The number of aliphatic hydroxyl groups is 1. The Morgan fingerprint density at radius 1 is 1.09 bits per heavy atom. The van der Waals surface area contributed by atoms with Gasteiger partial charge in [-0.1, -0.05) is 13.8 Å². The van der Waals surface area contributed by atoms with Gasteiger partial charge in [-0.05, 0) is 73.5 Å². The van der Waals surface area contributed by atoms with E-state index in [2.05, 4.69) is 13.8 Å². The molecular weight excluding hydrogens is 293 g/mol. The maximum absolute atomic E-state index is 14.4. The van der Waals surface area contributed by atoms with Crippen molar-refractivity contribution >= 4 is 5.91 Å². The Morgan fingerprint density at radius 3 is 2.52 bits per heavy atom. The fourth-order valence-corrected chi connectivity index (χ4v) is 7.18. The van der Waals surface area contributed by atoms with Crippen molar-refractivity contribution in [2.75, 3.05) is 7.05 Å². The summed E-state index contributed by atoms with van der Waals surface area (Å²) in [6.45, 7) is 4.51. The number of hydrogen-bond acceptors (Lipinski definition) is 2. The lowest BCUT2D eigenvalue weighted by molar-refractivity contribution is -0.170. The molecule has 4 rings (SSSR count). The van der Waals surface area contributed by atoms with Crippen LogP contribution in [0.25, 0.3) is 0 Å². The van der Waals surface area contributed by atoms with Gasteiger partial charge in [-0.2, -0.15) is 0 Å². The first kappa shape index (κ1) is 15.9. The lowest BCUT2D eigenvalue weighted by Crippen LogP contribution is -2.64. The second-order valence-electron chi connectivity index (χ2n) is 9.23. The summed E-state index contributed by atoms with van der Waals surface area (Å²) in [5, 5.41) is 10.5. The predicted octanol–water partition coefficient (Wildman–Crippen LogP) is 3.16. The summed E-state index contributed by atoms with van der Waals surface area (Å²) in [7, 11) is 1.80. The first-order chi connectivity index (χ1) is 10.8. The van der Waals surface area contributed by atoms with Gasteiger partial charge < -0.3 is 10.0 Å². The summed E-state index contributed by atoms with van der Waals surface area (Å²) >= 11 is 0. The third-order valence-corrected chi connectivity index (χ3v) is 8.47. The first-order valence-electron chi connectivity index (χ1n) is 9.38. The third-order valence-electron chi connectivity index (χ3n) is 8.47. The summed E-state index contributed by atoms with van der Waals surface area (Å²) in [5.41, 5.74) is -0.0320. The van der Waals surface area contributed by atoms with Crippen molar-refractivity contribution in [2.45, 2.75) is 77.1 Å². The Balaban J connectivity index is 1.67. The van der Waals surface area contributed by atoms with E-state index in [-0.39, 0.29) is 28.9 Å². The van der Waals surface area contributed by atoms with Crippen LogP contribution in [0.15, 0.2) is 0 Å². The average Bonchev–Trinajstić information content (AvgIpc) is 2.80. The smallest absolute Gasteiger partial charge is 0.257 e. The van der Waals surface area contributed by atoms with Crippen molar-refractivity contribution in [1.29, 1.82) is 0 Å². The second kappa shape index (κ2) is 4.93. The van der Waals surface area contributed by atoms with E-state index in [1.54, 1.807) is 11.9 Å². The molecular formula is C19H30FNO2. The fourth-order valence-electron chi connectivity index (χ4n) is 7.18. The molecule has 0 radical (unpaired) electrons. The van der Waals surface area contributed by atoms with Crippen molar-refractivity contribution in [3.63, 3.8) is 0 Å². The Morgan fingerprint density at radius 2 is 1.78 bits per heavy atom. The molecule has 4 fully saturated rings. The number of piperidine rings is 1. The number of rotatable bonds is 0. The van der Waals surface area contributed by atoms with Crippen LogP contribution in [0.3, 0.4) is 0 Å². The molecule has 4 heteroatoms. The number of halogens is 1. The van der Waals surface area contributed by atoms with Crippen LogP contribution < -0.4 is 0 Å². The number of carbonyl (C=O) groups is 1. The fraction of sp³-hybridized carbons (Fsp3) is 0.947. The van der Waals surface area contributed by atoms with Crippen LogP contribution in [-0.4, -0.2) is 41.3 Å². The highest BCUT2D eigenvalue weighted by molar-refractivity contribution is 5.82. The molecule has 130 valence electrons. The van der Waals surface area contributed by atoms with E-state index in [1.807, 2.05) is 0 Å². The van der Waals surface area contributed by atoms with Crippen molar-refractivity contribution in [3.05, 3.63) is 0 Å². The third kappa shape index (κ3) is 1.93. The Hall–Kier alpha value is -0.640. The van der Waals surface area contributed by atoms with Gasteiger partial charge in [-0.25, -0.2) is 4.39 Å². The van der Waals surface area contributed by atoms with E-state index in [4.69, 9.17) is 0 Å². The first-order valence-corrected chi connectivity index (χ1v) is 9.38. The number of nitrogens with zero attached hydrogens (tertiary/aromatic N) is 1. The van der Waals surface area contributed by atoms with Crippen molar-refractivity contribution in [3.8, 4) is 0 Å². The monoisotopic (exact) mass is 323 g/mol. The van der Waals surface area contributed by atoms with Gasteiger partial charge in [0.15, 0.2) is 6.17 Å². The van der Waals surface area contributed by atoms with E-state index in [1.165, 1.54) is 0 Å². The number of amides is 1. The van der Waals surface area contributed by atoms with Gasteiger partial charge in [0.25, 0.3) is 5.91 Å². The molecule has 1 aliphatic heterocycles. The standard InChI is InChI=1S/C19H30FNO2/c1-18-9-8-13-11(12(18)5-7-16(18)22)4-6-15-19(13,2)10-14(20)17(23)21(15)3/h11-16,22H,4-10H2,1-3H3/t11-,12-,13+,14?,15?,16?,18-,19+/m0/s1. The second-order valence-corrected chi connectivity index (χ2v) is 9.23. The topological polar surface area (TPSA) is 40.5 Å². The average molecular weight is 323 g/mol. The number of hydrogen-bond donors (Lipinski definition) is 1. The SMILES string of the molecule is CN1C(=O)C(F)C[C@@]2(C)C1CC[C@@H]1[C@H]2CC[C@]2(C)C(O)CC[C@@H]12. The molecule has 3 unspecified atom stereocenters. The maximum atomic E-state index is 14.4. The van der Waals surface area contributed by atoms with Gasteiger partial charge in [0.2, 0.25) is 0 Å². The Kier molecular flexibility index (Phi) is 3.40. The molecule has 0 aromatic rings. The number of carbonyl (C=O) groups excluding carboxylic acids is 1. The van der Waals surface area contributed by atoms with Gasteiger partial charge in [0.05, 0.1) is 6.10 Å². The van der Waals surface area contributed by atoms with Crippen molar-refractivity contribution in [1.82, 2.24) is 4.90 Å². The summed E-state index contributed by atoms with van der Waals surface area (Å²) < 4.78 is 14.4. The zero-order valence-electron chi connectivity index (χ0n) is 14.6. The number of alkyl halides is 1. The lowest BCUT2D eigenvalue weighted by Gasteiger charge is -2.61. The lowest BCUT2D eigenvalue weighted by atomic mass is 9.47. The van der Waals surface area contributed by atoms with E-state index < -0.39 is 6.17 Å². The minimum absolute atomic E-state index is 0.0653. The zero-order chi connectivity index (χ0) is 16.6. The van der Waals surface area contributed by atoms with Crippen molar-refractivity contribution in [2.24, 2.45) is 28.6 Å². The highest BCUT2D eigenvalue weighted by atomic mass is 19.1. The molecule has 23 heavy (non-hydrogen) atoms. The number of fused-ring (bicyclic) bond motifs is 5. The van der Waals surface area contributed by atoms with E-state index in [9.17, 15) is 14.3 Å². The number of likely N-dealkylation sites (tertiary alicyclic amines) is 1. The summed E-state index contributed by atoms with van der Waals surface area (Å²) in [6, 6.07) is 0.193. The molecule has 0 bridgehead atoms. The summed E-state index contributed by atoms with van der Waals surface area (Å²) in [6.07, 6.45) is 5.21. The van der Waals surface area contributed by atoms with Gasteiger partial charge in [0.1, 0.15) is 0 Å². The highest BCUT2D eigenvalue weighted by Crippen LogP contribution is 2.64. The Bertz CT molecular complexity index is 525. The van der Waals surface area contributed by atoms with E-state index >= 15 is 0 Å². The molecule has 3 aliphatic carbocycles. The van der Waals surface area contributed by atoms with Crippen LogP contribution in [0.5, 0.6) is 0 Å². The molecule has 3 nitrogen and oxygen atoms in total. The van der Waals surface area contributed by atoms with Gasteiger partial charge in [-0.3, -0.25) is 4.79 Å². The van der Waals surface area contributed by atoms with Crippen LogP contribution in [-0.2, 0) is 4.79 Å². The van der Waals surface area contributed by atoms with Crippen LogP contribution in [0, 0.1) is 28.6 Å². The Labute approximate surface area is 138 Å². The molecule has 4 aliphatic rings. The van der Waals surface area contributed by atoms with Crippen molar-refractivity contribution < 1.29 is 14.3 Å². The van der Waals surface area contributed by atoms with Gasteiger partial charge in [0, 0.05) is 13.1 Å². The molecule has 3 saturated carbocycles. The zero-order valence-corrected chi connectivity index (χ0v) is 14.6. The number of aliphatic hydroxyl groups excluding tert-OH is 1. The molecule has 1 N–H and O–H groups in total. The van der Waals surface area contributed by atoms with Crippen LogP contribution in [0.4, 0.5) is 4.39 Å². The minimum Gasteiger partial charge on any atom is -0.393 e. The molecule has 0 aromatic carbocycles. The normalized spacial score (nSPS) is 56.0. The van der Waals surface area contributed by atoms with E-state index in [0.717, 1.165) is 38.5 Å². The molecule has 1 amide bonds. The highest BCUT2D eigenvalue weighted by Gasteiger charge is 2.62. The maximum Gasteiger partial charge on any atom is 0.257 e. The molecule has 1 saturated heterocycles. The van der Waals surface area contributed by atoms with Crippen LogP contribution in [0.1, 0.15) is 58.8 Å². The minimum atomic E-state index is -1.33. The molecule has 8 atom stereocenters. The van der Waals surface area contributed by atoms with Gasteiger partial charge >= 0.3 is 0 Å². The summed E-state index contributed by atoms with van der Waals surface area (Å²) in [4.78, 5) is 13.8.